The molecule has 2 aromatic heterocycles. The number of methoxy groups -OCH3 is 1. The third kappa shape index (κ3) is 3.51. The average molecular weight is 369 g/mol. The zero-order chi connectivity index (χ0) is 19.0. The minimum atomic E-state index is -0.746. The molecule has 8 heteroatoms. The van der Waals surface area contributed by atoms with Crippen molar-refractivity contribution in [3.63, 3.8) is 0 Å². The van der Waals surface area contributed by atoms with Crippen molar-refractivity contribution in [3.05, 3.63) is 53.2 Å². The molecule has 4 rings (SSSR count). The SMILES string of the molecule is COC(C)c1nc(-c2ccc3c(c2)CC[C@H]3NC(O)c2cnn(C)c2)no1. The van der Waals surface area contributed by atoms with E-state index in [1.165, 1.54) is 11.1 Å². The molecule has 1 aromatic carbocycles. The van der Waals surface area contributed by atoms with E-state index in [2.05, 4.69) is 32.7 Å². The zero-order valence-electron chi connectivity index (χ0n) is 15.6. The Kier molecular flexibility index (Phi) is 4.77. The van der Waals surface area contributed by atoms with Crippen LogP contribution in [0, 0.1) is 0 Å². The number of aromatic nitrogens is 4. The number of ether oxygens (including phenoxy) is 1. The maximum atomic E-state index is 10.4. The lowest BCUT2D eigenvalue weighted by molar-refractivity contribution is 0.0886. The minimum Gasteiger partial charge on any atom is -0.374 e. The van der Waals surface area contributed by atoms with Crippen molar-refractivity contribution in [2.45, 2.75) is 38.1 Å². The molecular weight excluding hydrogens is 346 g/mol. The molecule has 0 aliphatic heterocycles. The fraction of sp³-hybridized carbons (Fsp3) is 0.421. The highest BCUT2D eigenvalue weighted by Crippen LogP contribution is 2.35. The predicted octanol–water partition coefficient (Wildman–Crippen LogP) is 2.45. The Morgan fingerprint density at radius 2 is 2.26 bits per heavy atom. The van der Waals surface area contributed by atoms with Crippen LogP contribution < -0.4 is 5.32 Å². The number of aryl methyl sites for hydroxylation is 2. The normalized spacial score (nSPS) is 18.4. The Balaban J connectivity index is 1.51. The Labute approximate surface area is 157 Å². The fourth-order valence-electron chi connectivity index (χ4n) is 3.42. The first-order chi connectivity index (χ1) is 13.0. The van der Waals surface area contributed by atoms with Crippen molar-refractivity contribution in [3.8, 4) is 11.4 Å². The van der Waals surface area contributed by atoms with E-state index in [9.17, 15) is 5.11 Å². The van der Waals surface area contributed by atoms with Gasteiger partial charge in [0.2, 0.25) is 5.82 Å². The first kappa shape index (κ1) is 17.8. The average Bonchev–Trinajstić information content (AvgIpc) is 3.40. The van der Waals surface area contributed by atoms with Crippen LogP contribution >= 0.6 is 0 Å². The van der Waals surface area contributed by atoms with Gasteiger partial charge >= 0.3 is 0 Å². The molecular formula is C19H23N5O3. The summed E-state index contributed by atoms with van der Waals surface area (Å²) in [6.45, 7) is 1.86. The molecule has 0 radical (unpaired) electrons. The van der Waals surface area contributed by atoms with E-state index < -0.39 is 6.23 Å². The number of nitrogens with zero attached hydrogens (tertiary/aromatic N) is 4. The summed E-state index contributed by atoms with van der Waals surface area (Å²) < 4.78 is 12.2. The van der Waals surface area contributed by atoms with E-state index in [1.54, 1.807) is 18.0 Å². The second kappa shape index (κ2) is 7.22. The fourth-order valence-corrected chi connectivity index (χ4v) is 3.42. The van der Waals surface area contributed by atoms with Gasteiger partial charge in [0, 0.05) is 37.5 Å². The van der Waals surface area contributed by atoms with Gasteiger partial charge in [-0.05, 0) is 37.0 Å². The van der Waals surface area contributed by atoms with Crippen LogP contribution in [0.15, 0.2) is 35.1 Å². The predicted molar refractivity (Wildman–Crippen MR) is 97.5 cm³/mol. The van der Waals surface area contributed by atoms with Gasteiger partial charge in [-0.25, -0.2) is 0 Å². The van der Waals surface area contributed by atoms with Crippen molar-refractivity contribution in [1.82, 2.24) is 25.2 Å². The number of aliphatic hydroxyl groups is 1. The van der Waals surface area contributed by atoms with E-state index in [0.717, 1.165) is 24.0 Å². The highest BCUT2D eigenvalue weighted by Gasteiger charge is 2.26. The Hall–Kier alpha value is -2.55. The number of rotatable bonds is 6. The molecule has 8 nitrogen and oxygen atoms in total. The largest absolute Gasteiger partial charge is 0.374 e. The van der Waals surface area contributed by atoms with Gasteiger partial charge in [0.05, 0.1) is 6.20 Å². The molecule has 0 spiro atoms. The Morgan fingerprint density at radius 1 is 1.41 bits per heavy atom. The lowest BCUT2D eigenvalue weighted by Crippen LogP contribution is -2.24. The summed E-state index contributed by atoms with van der Waals surface area (Å²) in [6, 6.07) is 6.25. The highest BCUT2D eigenvalue weighted by molar-refractivity contribution is 5.58. The quantitative estimate of drug-likeness (QED) is 0.644. The monoisotopic (exact) mass is 369 g/mol. The van der Waals surface area contributed by atoms with E-state index in [4.69, 9.17) is 9.26 Å². The first-order valence-electron chi connectivity index (χ1n) is 8.97. The molecule has 0 saturated carbocycles. The lowest BCUT2D eigenvalue weighted by Gasteiger charge is -2.18. The maximum absolute atomic E-state index is 10.4. The standard InChI is InChI=1S/C19H23N5O3/c1-11(26-3)19-22-17(23-27-19)13-4-6-15-12(8-13)5-7-16(15)21-18(25)14-9-20-24(2)10-14/h4,6,8-11,16,18,21,25H,5,7H2,1-3H3/t11?,16-,18?/m1/s1. The summed E-state index contributed by atoms with van der Waals surface area (Å²) >= 11 is 0. The van der Waals surface area contributed by atoms with Gasteiger partial charge < -0.3 is 14.4 Å². The second-order valence-electron chi connectivity index (χ2n) is 6.86. The van der Waals surface area contributed by atoms with Gasteiger partial charge in [0.15, 0.2) is 0 Å². The number of hydrogen-bond donors (Lipinski definition) is 2. The molecule has 0 saturated heterocycles. The highest BCUT2D eigenvalue weighted by atomic mass is 16.5. The lowest BCUT2D eigenvalue weighted by atomic mass is 10.0. The molecule has 2 heterocycles. The van der Waals surface area contributed by atoms with Gasteiger partial charge in [-0.2, -0.15) is 10.1 Å². The van der Waals surface area contributed by atoms with Gasteiger partial charge in [0.1, 0.15) is 12.3 Å². The van der Waals surface area contributed by atoms with Crippen LogP contribution in [0.4, 0.5) is 0 Å². The maximum Gasteiger partial charge on any atom is 0.255 e. The topological polar surface area (TPSA) is 98.2 Å². The van der Waals surface area contributed by atoms with Crippen molar-refractivity contribution in [2.24, 2.45) is 7.05 Å². The van der Waals surface area contributed by atoms with Crippen molar-refractivity contribution in [1.29, 1.82) is 0 Å². The van der Waals surface area contributed by atoms with Gasteiger partial charge in [-0.15, -0.1) is 0 Å². The number of hydrogen-bond acceptors (Lipinski definition) is 7. The Bertz CT molecular complexity index is 935. The van der Waals surface area contributed by atoms with E-state index in [0.29, 0.717) is 11.7 Å². The van der Waals surface area contributed by atoms with Gasteiger partial charge in [0.25, 0.3) is 5.89 Å². The molecule has 1 aliphatic rings. The van der Waals surface area contributed by atoms with Gasteiger partial charge in [-0.3, -0.25) is 10.00 Å². The van der Waals surface area contributed by atoms with Gasteiger partial charge in [-0.1, -0.05) is 17.3 Å². The summed E-state index contributed by atoms with van der Waals surface area (Å²) in [5.41, 5.74) is 4.10. The third-order valence-corrected chi connectivity index (χ3v) is 5.02. The summed E-state index contributed by atoms with van der Waals surface area (Å²) in [5.74, 6) is 1.02. The van der Waals surface area contributed by atoms with Crippen LogP contribution in [-0.2, 0) is 18.2 Å². The van der Waals surface area contributed by atoms with E-state index in [-0.39, 0.29) is 12.1 Å². The molecule has 3 atom stereocenters. The van der Waals surface area contributed by atoms with Crippen molar-refractivity contribution < 1.29 is 14.4 Å². The summed E-state index contributed by atoms with van der Waals surface area (Å²) in [5, 5.41) is 21.9. The Morgan fingerprint density at radius 3 is 3.00 bits per heavy atom. The molecule has 1 aliphatic carbocycles. The summed E-state index contributed by atoms with van der Waals surface area (Å²) in [6.07, 6.45) is 4.36. The van der Waals surface area contributed by atoms with Crippen LogP contribution in [0.25, 0.3) is 11.4 Å². The smallest absolute Gasteiger partial charge is 0.255 e. The molecule has 0 fully saturated rings. The zero-order valence-corrected chi connectivity index (χ0v) is 15.6. The third-order valence-electron chi connectivity index (χ3n) is 5.02. The number of fused-ring (bicyclic) bond motifs is 1. The van der Waals surface area contributed by atoms with Crippen molar-refractivity contribution >= 4 is 0 Å². The first-order valence-corrected chi connectivity index (χ1v) is 8.97. The number of aliphatic hydroxyl groups excluding tert-OH is 1. The molecule has 3 aromatic rings. The van der Waals surface area contributed by atoms with Crippen LogP contribution in [0.5, 0.6) is 0 Å². The van der Waals surface area contributed by atoms with Crippen LogP contribution in [-0.4, -0.2) is 32.1 Å². The number of nitrogens with one attached hydrogen (secondary N) is 1. The molecule has 27 heavy (non-hydrogen) atoms. The van der Waals surface area contributed by atoms with Crippen LogP contribution in [0.1, 0.15) is 54.3 Å². The summed E-state index contributed by atoms with van der Waals surface area (Å²) in [7, 11) is 3.44. The minimum absolute atomic E-state index is 0.0959. The van der Waals surface area contributed by atoms with Crippen molar-refractivity contribution in [2.75, 3.05) is 7.11 Å². The second-order valence-corrected chi connectivity index (χ2v) is 6.86. The molecule has 142 valence electrons. The van der Waals surface area contributed by atoms with Crippen LogP contribution in [0.2, 0.25) is 0 Å². The molecule has 0 amide bonds. The molecule has 2 N–H and O–H groups in total. The summed E-state index contributed by atoms with van der Waals surface area (Å²) in [4.78, 5) is 4.42. The molecule has 0 bridgehead atoms. The van der Waals surface area contributed by atoms with Crippen LogP contribution in [0.3, 0.4) is 0 Å². The van der Waals surface area contributed by atoms with E-state index >= 15 is 0 Å². The van der Waals surface area contributed by atoms with E-state index in [1.807, 2.05) is 26.2 Å². The number of benzene rings is 1. The molecule has 2 unspecified atom stereocenters.